The lowest BCUT2D eigenvalue weighted by Gasteiger charge is -2.16. The molecule has 0 aromatic heterocycles. The van der Waals surface area contributed by atoms with E-state index in [9.17, 15) is 0 Å². The first-order valence-corrected chi connectivity index (χ1v) is 7.63. The minimum Gasteiger partial charge on any atom is -0.488 e. The molecule has 0 bridgehead atoms. The molecule has 0 spiro atoms. The third kappa shape index (κ3) is 4.37. The molecule has 0 radical (unpaired) electrons. The zero-order chi connectivity index (χ0) is 15.4. The monoisotopic (exact) mass is 323 g/mol. The second-order valence-electron chi connectivity index (χ2n) is 5.27. The topological polar surface area (TPSA) is 35.2 Å². The molecule has 2 nitrogen and oxygen atoms in total. The maximum atomic E-state index is 6.17. The summed E-state index contributed by atoms with van der Waals surface area (Å²) in [6, 6.07) is 11.6. The Bertz CT molecular complexity index is 626. The van der Waals surface area contributed by atoms with Crippen LogP contribution in [0.25, 0.3) is 0 Å². The van der Waals surface area contributed by atoms with Crippen molar-refractivity contribution in [3.05, 3.63) is 63.1 Å². The lowest BCUT2D eigenvalue weighted by molar-refractivity contribution is 0.300. The second kappa shape index (κ2) is 7.17. The predicted molar refractivity (Wildman–Crippen MR) is 89.3 cm³/mol. The minimum absolute atomic E-state index is 0.0870. The van der Waals surface area contributed by atoms with Crippen molar-refractivity contribution in [2.75, 3.05) is 0 Å². The molecule has 0 heterocycles. The van der Waals surface area contributed by atoms with Crippen LogP contribution in [0.2, 0.25) is 10.0 Å². The zero-order valence-corrected chi connectivity index (χ0v) is 13.7. The Hall–Kier alpha value is -1.22. The molecule has 0 saturated carbocycles. The van der Waals surface area contributed by atoms with Crippen molar-refractivity contribution >= 4 is 23.2 Å². The molecule has 0 fully saturated rings. The van der Waals surface area contributed by atoms with Crippen LogP contribution in [0.5, 0.6) is 5.75 Å². The molecule has 4 heteroatoms. The molecule has 21 heavy (non-hydrogen) atoms. The van der Waals surface area contributed by atoms with Gasteiger partial charge in [0.25, 0.3) is 0 Å². The van der Waals surface area contributed by atoms with Crippen LogP contribution < -0.4 is 10.5 Å². The minimum atomic E-state index is 0.0870. The Balaban J connectivity index is 2.21. The molecule has 0 saturated heterocycles. The molecule has 0 aliphatic carbocycles. The zero-order valence-electron chi connectivity index (χ0n) is 12.2. The summed E-state index contributed by atoms with van der Waals surface area (Å²) in [6.07, 6.45) is 0.778. The Morgan fingerprint density at radius 1 is 1.14 bits per heavy atom. The number of aryl methyl sites for hydroxylation is 1. The number of para-hydroxylation sites is 1. The lowest BCUT2D eigenvalue weighted by atomic mass is 10.0. The largest absolute Gasteiger partial charge is 0.488 e. The third-order valence-corrected chi connectivity index (χ3v) is 3.82. The van der Waals surface area contributed by atoms with Crippen molar-refractivity contribution in [2.45, 2.75) is 32.9 Å². The number of hydrogen-bond donors (Lipinski definition) is 1. The average molecular weight is 324 g/mol. The van der Waals surface area contributed by atoms with E-state index in [2.05, 4.69) is 0 Å². The number of nitrogens with two attached hydrogens (primary N) is 1. The van der Waals surface area contributed by atoms with E-state index in [-0.39, 0.29) is 6.04 Å². The summed E-state index contributed by atoms with van der Waals surface area (Å²) in [5.41, 5.74) is 8.98. The summed E-state index contributed by atoms with van der Waals surface area (Å²) in [5, 5.41) is 1.31. The maximum absolute atomic E-state index is 6.17. The van der Waals surface area contributed by atoms with E-state index >= 15 is 0 Å². The fraction of sp³-hybridized carbons (Fsp3) is 0.294. The predicted octanol–water partition coefficient (Wildman–Crippen LogP) is 4.77. The molecule has 0 aliphatic rings. The standard InChI is InChI=1S/C17H19Cl2NO/c1-11-4-3-5-13(8-12(2)20)17(11)21-10-14-9-15(18)6-7-16(14)19/h3-7,9,12H,8,10,20H2,1-2H3. The maximum Gasteiger partial charge on any atom is 0.125 e. The van der Waals surface area contributed by atoms with Crippen molar-refractivity contribution in [3.8, 4) is 5.75 Å². The molecule has 1 unspecified atom stereocenters. The number of halogens is 2. The highest BCUT2D eigenvalue weighted by Crippen LogP contribution is 2.27. The quantitative estimate of drug-likeness (QED) is 0.860. The average Bonchev–Trinajstić information content (AvgIpc) is 2.41. The first kappa shape index (κ1) is 16.2. The van der Waals surface area contributed by atoms with Gasteiger partial charge in [-0.1, -0.05) is 41.4 Å². The van der Waals surface area contributed by atoms with E-state index in [1.807, 2.05) is 38.1 Å². The van der Waals surface area contributed by atoms with Gasteiger partial charge >= 0.3 is 0 Å². The molecule has 1 atom stereocenters. The van der Waals surface area contributed by atoms with Crippen LogP contribution in [0.1, 0.15) is 23.6 Å². The highest BCUT2D eigenvalue weighted by atomic mass is 35.5. The molecular weight excluding hydrogens is 305 g/mol. The van der Waals surface area contributed by atoms with Crippen LogP contribution in [0, 0.1) is 6.92 Å². The highest BCUT2D eigenvalue weighted by Gasteiger charge is 2.10. The van der Waals surface area contributed by atoms with Crippen molar-refractivity contribution in [2.24, 2.45) is 5.73 Å². The second-order valence-corrected chi connectivity index (χ2v) is 6.11. The van der Waals surface area contributed by atoms with E-state index in [4.69, 9.17) is 33.7 Å². The molecule has 2 aromatic rings. The normalized spacial score (nSPS) is 12.2. The number of rotatable bonds is 5. The summed E-state index contributed by atoms with van der Waals surface area (Å²) in [7, 11) is 0. The van der Waals surface area contributed by atoms with E-state index in [1.54, 1.807) is 12.1 Å². The highest BCUT2D eigenvalue weighted by molar-refractivity contribution is 6.33. The Kier molecular flexibility index (Phi) is 5.51. The smallest absolute Gasteiger partial charge is 0.125 e. The number of hydrogen-bond acceptors (Lipinski definition) is 2. The number of ether oxygens (including phenoxy) is 1. The first-order valence-electron chi connectivity index (χ1n) is 6.88. The Morgan fingerprint density at radius 2 is 1.90 bits per heavy atom. The van der Waals surface area contributed by atoms with Crippen molar-refractivity contribution < 1.29 is 4.74 Å². The van der Waals surface area contributed by atoms with Gasteiger partial charge in [-0.3, -0.25) is 0 Å². The molecule has 2 rings (SSSR count). The Morgan fingerprint density at radius 3 is 2.62 bits per heavy atom. The van der Waals surface area contributed by atoms with Gasteiger partial charge in [-0.25, -0.2) is 0 Å². The summed E-state index contributed by atoms with van der Waals surface area (Å²) in [4.78, 5) is 0. The first-order chi connectivity index (χ1) is 9.97. The van der Waals surface area contributed by atoms with Gasteiger partial charge in [0.1, 0.15) is 12.4 Å². The van der Waals surface area contributed by atoms with Crippen molar-refractivity contribution in [3.63, 3.8) is 0 Å². The van der Waals surface area contributed by atoms with Crippen LogP contribution in [0.15, 0.2) is 36.4 Å². The molecule has 2 N–H and O–H groups in total. The van der Waals surface area contributed by atoms with Gasteiger partial charge in [0.15, 0.2) is 0 Å². The van der Waals surface area contributed by atoms with Crippen LogP contribution in [0.3, 0.4) is 0 Å². The van der Waals surface area contributed by atoms with Crippen LogP contribution in [-0.4, -0.2) is 6.04 Å². The summed E-state index contributed by atoms with van der Waals surface area (Å²) in [5.74, 6) is 0.880. The van der Waals surface area contributed by atoms with E-state index in [0.717, 1.165) is 28.9 Å². The molecule has 112 valence electrons. The molecule has 0 aliphatic heterocycles. The van der Waals surface area contributed by atoms with Gasteiger partial charge in [0.2, 0.25) is 0 Å². The van der Waals surface area contributed by atoms with Gasteiger partial charge in [-0.2, -0.15) is 0 Å². The van der Waals surface area contributed by atoms with Crippen LogP contribution >= 0.6 is 23.2 Å². The lowest BCUT2D eigenvalue weighted by Crippen LogP contribution is -2.18. The van der Waals surface area contributed by atoms with Gasteiger partial charge in [0.05, 0.1) is 0 Å². The molecule has 2 aromatic carbocycles. The SMILES string of the molecule is Cc1cccc(CC(C)N)c1OCc1cc(Cl)ccc1Cl. The molecule has 0 amide bonds. The summed E-state index contributed by atoms with van der Waals surface area (Å²) >= 11 is 12.2. The van der Waals surface area contributed by atoms with Crippen LogP contribution in [-0.2, 0) is 13.0 Å². The van der Waals surface area contributed by atoms with Crippen molar-refractivity contribution in [1.82, 2.24) is 0 Å². The summed E-state index contributed by atoms with van der Waals surface area (Å²) < 4.78 is 5.99. The van der Waals surface area contributed by atoms with Crippen LogP contribution in [0.4, 0.5) is 0 Å². The third-order valence-electron chi connectivity index (χ3n) is 3.22. The van der Waals surface area contributed by atoms with E-state index < -0.39 is 0 Å². The van der Waals surface area contributed by atoms with E-state index in [1.165, 1.54) is 0 Å². The fourth-order valence-electron chi connectivity index (χ4n) is 2.23. The van der Waals surface area contributed by atoms with Gasteiger partial charge in [0, 0.05) is 21.7 Å². The van der Waals surface area contributed by atoms with Gasteiger partial charge < -0.3 is 10.5 Å². The molecular formula is C17H19Cl2NO. The fourth-order valence-corrected chi connectivity index (χ4v) is 2.60. The van der Waals surface area contributed by atoms with Crippen molar-refractivity contribution in [1.29, 1.82) is 0 Å². The van der Waals surface area contributed by atoms with Gasteiger partial charge in [-0.15, -0.1) is 0 Å². The summed E-state index contributed by atoms with van der Waals surface area (Å²) in [6.45, 7) is 4.40. The van der Waals surface area contributed by atoms with Gasteiger partial charge in [-0.05, 0) is 49.6 Å². The number of benzene rings is 2. The Labute approximate surface area is 135 Å². The van der Waals surface area contributed by atoms with E-state index in [0.29, 0.717) is 16.7 Å².